The average Bonchev–Trinajstić information content (AvgIpc) is 2.73. The number of amides is 1. The second-order valence-electron chi connectivity index (χ2n) is 6.31. The minimum atomic E-state index is -3.71. The third-order valence-corrected chi connectivity index (χ3v) is 5.54. The number of nitrogens with one attached hydrogen (secondary N) is 2. The molecule has 0 aliphatic carbocycles. The Labute approximate surface area is 170 Å². The highest BCUT2D eigenvalue weighted by Gasteiger charge is 2.19. The Bertz CT molecular complexity index is 1040. The number of rotatable bonds is 8. The fourth-order valence-corrected chi connectivity index (χ4v) is 3.70. The molecular formula is C22H22N2O4S. The maximum Gasteiger partial charge on any atom is 0.265 e. The lowest BCUT2D eigenvalue weighted by molar-refractivity contribution is -0.122. The lowest BCUT2D eigenvalue weighted by atomic mass is 10.2. The summed E-state index contributed by atoms with van der Waals surface area (Å²) in [6.45, 7) is 1.86. The van der Waals surface area contributed by atoms with E-state index >= 15 is 0 Å². The average molecular weight is 410 g/mol. The van der Waals surface area contributed by atoms with E-state index in [0.717, 1.165) is 0 Å². The number of ether oxygens (including phenoxy) is 1. The van der Waals surface area contributed by atoms with Gasteiger partial charge in [-0.05, 0) is 55.0 Å². The molecule has 0 radical (unpaired) electrons. The Morgan fingerprint density at radius 1 is 0.862 bits per heavy atom. The standard InChI is InChI=1S/C22H22N2O4S/c1-2-21(28-19-11-7-4-8-12-19)22(25)23-17-13-15-20(16-14-17)29(26,27)24-18-9-5-3-6-10-18/h3-16,21,24H,2H2,1H3,(H,23,25)/t21-/m1/s1. The molecular weight excluding hydrogens is 388 g/mol. The van der Waals surface area contributed by atoms with Gasteiger partial charge in [-0.25, -0.2) is 8.42 Å². The van der Waals surface area contributed by atoms with Crippen LogP contribution in [0.3, 0.4) is 0 Å². The fourth-order valence-electron chi connectivity index (χ4n) is 2.65. The molecule has 0 saturated carbocycles. The van der Waals surface area contributed by atoms with Gasteiger partial charge in [0.15, 0.2) is 6.10 Å². The van der Waals surface area contributed by atoms with Crippen molar-refractivity contribution in [2.75, 3.05) is 10.0 Å². The lowest BCUT2D eigenvalue weighted by Gasteiger charge is -2.17. The van der Waals surface area contributed by atoms with Crippen LogP contribution in [0.4, 0.5) is 11.4 Å². The van der Waals surface area contributed by atoms with Crippen LogP contribution in [0.2, 0.25) is 0 Å². The molecule has 0 aliphatic rings. The van der Waals surface area contributed by atoms with Crippen molar-refractivity contribution >= 4 is 27.3 Å². The van der Waals surface area contributed by atoms with Gasteiger partial charge in [0, 0.05) is 11.4 Å². The van der Waals surface area contributed by atoms with Gasteiger partial charge >= 0.3 is 0 Å². The van der Waals surface area contributed by atoms with Gasteiger partial charge in [0.2, 0.25) is 0 Å². The zero-order valence-corrected chi connectivity index (χ0v) is 16.7. The third kappa shape index (κ3) is 5.58. The summed E-state index contributed by atoms with van der Waals surface area (Å²) in [6.07, 6.45) is -0.158. The van der Waals surface area contributed by atoms with Gasteiger partial charge in [-0.1, -0.05) is 43.3 Å². The molecule has 0 aliphatic heterocycles. The van der Waals surface area contributed by atoms with Crippen LogP contribution in [-0.2, 0) is 14.8 Å². The van der Waals surface area contributed by atoms with E-state index in [2.05, 4.69) is 10.0 Å². The first-order valence-electron chi connectivity index (χ1n) is 9.18. The van der Waals surface area contributed by atoms with Crippen LogP contribution in [0.15, 0.2) is 89.8 Å². The SMILES string of the molecule is CC[C@@H](Oc1ccccc1)C(=O)Nc1ccc(S(=O)(=O)Nc2ccccc2)cc1. The summed E-state index contributed by atoms with van der Waals surface area (Å²) in [5.74, 6) is 0.317. The van der Waals surface area contributed by atoms with Gasteiger partial charge in [0.1, 0.15) is 5.75 Å². The molecule has 0 aromatic heterocycles. The van der Waals surface area contributed by atoms with Gasteiger partial charge in [-0.15, -0.1) is 0 Å². The van der Waals surface area contributed by atoms with Crippen molar-refractivity contribution in [3.05, 3.63) is 84.9 Å². The molecule has 29 heavy (non-hydrogen) atoms. The quantitative estimate of drug-likeness (QED) is 0.580. The first kappa shape index (κ1) is 20.4. The van der Waals surface area contributed by atoms with Gasteiger partial charge < -0.3 is 10.1 Å². The van der Waals surface area contributed by atoms with E-state index < -0.39 is 16.1 Å². The molecule has 6 nitrogen and oxygen atoms in total. The van der Waals surface area contributed by atoms with Crippen molar-refractivity contribution in [3.8, 4) is 5.75 Å². The molecule has 3 aromatic rings. The highest BCUT2D eigenvalue weighted by Crippen LogP contribution is 2.19. The highest BCUT2D eigenvalue weighted by molar-refractivity contribution is 7.92. The van der Waals surface area contributed by atoms with Crippen LogP contribution in [0.5, 0.6) is 5.75 Å². The monoisotopic (exact) mass is 410 g/mol. The number of hydrogen-bond acceptors (Lipinski definition) is 4. The second-order valence-corrected chi connectivity index (χ2v) is 8.00. The van der Waals surface area contributed by atoms with E-state index in [9.17, 15) is 13.2 Å². The number of sulfonamides is 1. The summed E-state index contributed by atoms with van der Waals surface area (Å²) >= 11 is 0. The molecule has 2 N–H and O–H groups in total. The van der Waals surface area contributed by atoms with E-state index in [1.165, 1.54) is 12.1 Å². The second kappa shape index (κ2) is 9.25. The number of carbonyl (C=O) groups excluding carboxylic acids is 1. The molecule has 0 bridgehead atoms. The van der Waals surface area contributed by atoms with Crippen molar-refractivity contribution in [2.45, 2.75) is 24.3 Å². The Hall–Kier alpha value is -3.32. The molecule has 0 unspecified atom stereocenters. The summed E-state index contributed by atoms with van der Waals surface area (Å²) < 4.78 is 33.2. The van der Waals surface area contributed by atoms with E-state index in [-0.39, 0.29) is 10.8 Å². The van der Waals surface area contributed by atoms with Crippen LogP contribution in [0.25, 0.3) is 0 Å². The predicted molar refractivity (Wildman–Crippen MR) is 113 cm³/mol. The number of hydrogen-bond donors (Lipinski definition) is 2. The van der Waals surface area contributed by atoms with Crippen molar-refractivity contribution in [1.29, 1.82) is 0 Å². The van der Waals surface area contributed by atoms with Crippen molar-refractivity contribution in [2.24, 2.45) is 0 Å². The fraction of sp³-hybridized carbons (Fsp3) is 0.136. The van der Waals surface area contributed by atoms with E-state index in [1.807, 2.05) is 25.1 Å². The lowest BCUT2D eigenvalue weighted by Crippen LogP contribution is -2.32. The van der Waals surface area contributed by atoms with Gasteiger partial charge in [-0.3, -0.25) is 9.52 Å². The zero-order valence-electron chi connectivity index (χ0n) is 15.9. The Morgan fingerprint density at radius 2 is 1.45 bits per heavy atom. The Kier molecular flexibility index (Phi) is 6.51. The molecule has 0 saturated heterocycles. The van der Waals surface area contributed by atoms with Crippen molar-refractivity contribution in [1.82, 2.24) is 0 Å². The molecule has 0 spiro atoms. The van der Waals surface area contributed by atoms with E-state index in [0.29, 0.717) is 23.5 Å². The van der Waals surface area contributed by atoms with Crippen LogP contribution in [0, 0.1) is 0 Å². The first-order valence-corrected chi connectivity index (χ1v) is 10.7. The first-order chi connectivity index (χ1) is 14.0. The van der Waals surface area contributed by atoms with E-state index in [4.69, 9.17) is 4.74 Å². The molecule has 3 aromatic carbocycles. The number of benzene rings is 3. The summed E-state index contributed by atoms with van der Waals surface area (Å²) in [7, 11) is -3.71. The topological polar surface area (TPSA) is 84.5 Å². The minimum Gasteiger partial charge on any atom is -0.481 e. The van der Waals surface area contributed by atoms with E-state index in [1.54, 1.807) is 54.6 Å². The normalized spacial score (nSPS) is 12.0. The maximum absolute atomic E-state index is 12.5. The molecule has 3 rings (SSSR count). The van der Waals surface area contributed by atoms with Crippen LogP contribution < -0.4 is 14.8 Å². The van der Waals surface area contributed by atoms with Gasteiger partial charge in [0.05, 0.1) is 4.90 Å². The minimum absolute atomic E-state index is 0.104. The predicted octanol–water partition coefficient (Wildman–Crippen LogP) is 4.28. The van der Waals surface area contributed by atoms with Crippen LogP contribution in [-0.4, -0.2) is 20.4 Å². The maximum atomic E-state index is 12.5. The molecule has 0 heterocycles. The van der Waals surface area contributed by atoms with Gasteiger partial charge in [0.25, 0.3) is 15.9 Å². The zero-order chi connectivity index (χ0) is 20.7. The van der Waals surface area contributed by atoms with Crippen molar-refractivity contribution in [3.63, 3.8) is 0 Å². The molecule has 7 heteroatoms. The van der Waals surface area contributed by atoms with Gasteiger partial charge in [-0.2, -0.15) is 0 Å². The van der Waals surface area contributed by atoms with Crippen LogP contribution >= 0.6 is 0 Å². The number of para-hydroxylation sites is 2. The number of carbonyl (C=O) groups is 1. The third-order valence-electron chi connectivity index (χ3n) is 4.14. The van der Waals surface area contributed by atoms with Crippen molar-refractivity contribution < 1.29 is 17.9 Å². The summed E-state index contributed by atoms with van der Waals surface area (Å²) in [5.41, 5.74) is 0.970. The smallest absolute Gasteiger partial charge is 0.265 e. The molecule has 0 fully saturated rings. The molecule has 1 amide bonds. The number of anilines is 2. The summed E-state index contributed by atoms with van der Waals surface area (Å²) in [6, 6.07) is 23.7. The Morgan fingerprint density at radius 3 is 2.03 bits per heavy atom. The summed E-state index contributed by atoms with van der Waals surface area (Å²) in [4.78, 5) is 12.6. The molecule has 1 atom stereocenters. The molecule has 150 valence electrons. The largest absolute Gasteiger partial charge is 0.481 e. The Balaban J connectivity index is 1.65. The highest BCUT2D eigenvalue weighted by atomic mass is 32.2. The summed E-state index contributed by atoms with van der Waals surface area (Å²) in [5, 5.41) is 2.76. The van der Waals surface area contributed by atoms with Crippen LogP contribution in [0.1, 0.15) is 13.3 Å².